The third kappa shape index (κ3) is 6.22. The van der Waals surface area contributed by atoms with E-state index in [9.17, 15) is 4.79 Å². The molecule has 0 aliphatic carbocycles. The molecule has 1 aromatic carbocycles. The number of thioether (sulfide) groups is 1. The number of carbonyl (C=O) groups excluding carboxylic acids is 1. The van der Waals surface area contributed by atoms with Crippen molar-refractivity contribution in [3.8, 4) is 5.75 Å². The molecule has 0 spiro atoms. The molecule has 0 saturated carbocycles. The Hall–Kier alpha value is -2.54. The van der Waals surface area contributed by atoms with Crippen LogP contribution in [0.2, 0.25) is 0 Å². The molecule has 0 aliphatic rings. The molecule has 0 aliphatic heterocycles. The third-order valence-corrected chi connectivity index (χ3v) is 5.30. The number of rotatable bonds is 11. The fourth-order valence-electron chi connectivity index (χ4n) is 3.15. The van der Waals surface area contributed by atoms with E-state index in [0.717, 1.165) is 42.2 Å². The van der Waals surface area contributed by atoms with Crippen molar-refractivity contribution in [2.75, 3.05) is 18.6 Å². The number of hydrogen-bond acceptors (Lipinski definition) is 5. The number of pyridine rings is 1. The number of nitrogens with one attached hydrogen (secondary N) is 1. The molecular formula is C22H28N4O2S. The highest BCUT2D eigenvalue weighted by atomic mass is 32.2. The van der Waals surface area contributed by atoms with Crippen LogP contribution in [0.15, 0.2) is 48.7 Å². The van der Waals surface area contributed by atoms with Crippen molar-refractivity contribution in [2.45, 2.75) is 38.6 Å². The lowest BCUT2D eigenvalue weighted by Crippen LogP contribution is -2.30. The monoisotopic (exact) mass is 412 g/mol. The summed E-state index contributed by atoms with van der Waals surface area (Å²) in [6.45, 7) is 2.66. The first-order valence-electron chi connectivity index (χ1n) is 9.95. The molecule has 7 heteroatoms. The van der Waals surface area contributed by atoms with Crippen LogP contribution in [0.1, 0.15) is 43.1 Å². The zero-order valence-electron chi connectivity index (χ0n) is 17.0. The van der Waals surface area contributed by atoms with Crippen molar-refractivity contribution in [1.82, 2.24) is 19.9 Å². The second kappa shape index (κ2) is 10.9. The van der Waals surface area contributed by atoms with Crippen LogP contribution in [-0.4, -0.2) is 39.1 Å². The van der Waals surface area contributed by atoms with Gasteiger partial charge in [-0.1, -0.05) is 18.2 Å². The van der Waals surface area contributed by atoms with Gasteiger partial charge in [-0.05, 0) is 68.0 Å². The first-order chi connectivity index (χ1) is 14.2. The minimum absolute atomic E-state index is 0.0411. The van der Waals surface area contributed by atoms with Crippen molar-refractivity contribution in [3.63, 3.8) is 0 Å². The normalized spacial score (nSPS) is 12.1. The number of aryl methyl sites for hydroxylation is 1. The van der Waals surface area contributed by atoms with Crippen molar-refractivity contribution in [3.05, 3.63) is 60.0 Å². The molecule has 0 bridgehead atoms. The van der Waals surface area contributed by atoms with Crippen molar-refractivity contribution >= 4 is 23.3 Å². The third-order valence-electron chi connectivity index (χ3n) is 4.65. The highest BCUT2D eigenvalue weighted by molar-refractivity contribution is 7.98. The van der Waals surface area contributed by atoms with Gasteiger partial charge in [0, 0.05) is 12.6 Å². The van der Waals surface area contributed by atoms with Crippen molar-refractivity contribution < 1.29 is 9.53 Å². The van der Waals surface area contributed by atoms with Crippen molar-refractivity contribution in [2.24, 2.45) is 0 Å². The summed E-state index contributed by atoms with van der Waals surface area (Å²) in [4.78, 5) is 12.5. The number of unbranched alkanes of at least 4 members (excludes halogenated alkanes) is 1. The quantitative estimate of drug-likeness (QED) is 0.478. The Bertz CT molecular complexity index is 928. The molecule has 1 amide bonds. The van der Waals surface area contributed by atoms with E-state index in [1.807, 2.05) is 60.0 Å². The van der Waals surface area contributed by atoms with E-state index >= 15 is 0 Å². The summed E-state index contributed by atoms with van der Waals surface area (Å²) in [6.07, 6.45) is 6.92. The van der Waals surface area contributed by atoms with E-state index in [4.69, 9.17) is 4.74 Å². The fraction of sp³-hybridized carbons (Fsp3) is 0.409. The lowest BCUT2D eigenvalue weighted by atomic mass is 10.1. The van der Waals surface area contributed by atoms with E-state index in [1.165, 1.54) is 5.56 Å². The zero-order chi connectivity index (χ0) is 20.5. The van der Waals surface area contributed by atoms with Crippen LogP contribution < -0.4 is 10.1 Å². The van der Waals surface area contributed by atoms with Crippen LogP contribution in [0.3, 0.4) is 0 Å². The average molecular weight is 413 g/mol. The Morgan fingerprint density at radius 1 is 1.21 bits per heavy atom. The number of benzene rings is 1. The average Bonchev–Trinajstić information content (AvgIpc) is 3.15. The summed E-state index contributed by atoms with van der Waals surface area (Å²) in [5, 5.41) is 11.7. The maximum Gasteiger partial charge on any atom is 0.220 e. The number of aromatic nitrogens is 3. The molecule has 0 radical (unpaired) electrons. The van der Waals surface area contributed by atoms with Gasteiger partial charge in [-0.25, -0.2) is 0 Å². The number of hydrogen-bond donors (Lipinski definition) is 1. The van der Waals surface area contributed by atoms with E-state index in [1.54, 1.807) is 11.8 Å². The number of nitrogens with zero attached hydrogens (tertiary/aromatic N) is 3. The van der Waals surface area contributed by atoms with Gasteiger partial charge >= 0.3 is 0 Å². The Labute approximate surface area is 176 Å². The SMILES string of the molecule is CSCCC(NC(=O)CCCCOc1cccc(C)c1)c1nnc2ccccn12. The Morgan fingerprint density at radius 2 is 2.10 bits per heavy atom. The maximum atomic E-state index is 12.5. The van der Waals surface area contributed by atoms with Gasteiger partial charge in [0.25, 0.3) is 0 Å². The largest absolute Gasteiger partial charge is 0.494 e. The topological polar surface area (TPSA) is 68.5 Å². The maximum absolute atomic E-state index is 12.5. The molecule has 3 rings (SSSR count). The molecule has 2 heterocycles. The Kier molecular flexibility index (Phi) is 7.93. The van der Waals surface area contributed by atoms with Gasteiger partial charge in [0.2, 0.25) is 5.91 Å². The van der Waals surface area contributed by atoms with E-state index in [-0.39, 0.29) is 11.9 Å². The molecule has 3 aromatic rings. The lowest BCUT2D eigenvalue weighted by Gasteiger charge is -2.17. The molecule has 1 atom stereocenters. The van der Waals surface area contributed by atoms with Crippen LogP contribution in [0.5, 0.6) is 5.75 Å². The Balaban J connectivity index is 1.48. The van der Waals surface area contributed by atoms with Crippen LogP contribution >= 0.6 is 11.8 Å². The summed E-state index contributed by atoms with van der Waals surface area (Å²) in [6, 6.07) is 13.7. The zero-order valence-corrected chi connectivity index (χ0v) is 17.8. The van der Waals surface area contributed by atoms with Crippen LogP contribution in [0, 0.1) is 6.92 Å². The first kappa shape index (κ1) is 21.2. The summed E-state index contributed by atoms with van der Waals surface area (Å²) in [7, 11) is 0. The fourth-order valence-corrected chi connectivity index (χ4v) is 3.62. The molecule has 29 heavy (non-hydrogen) atoms. The molecular weight excluding hydrogens is 384 g/mol. The van der Waals surface area contributed by atoms with E-state index < -0.39 is 0 Å². The molecule has 6 nitrogen and oxygen atoms in total. The van der Waals surface area contributed by atoms with Crippen LogP contribution in [0.4, 0.5) is 0 Å². The van der Waals surface area contributed by atoms with Crippen LogP contribution in [-0.2, 0) is 4.79 Å². The molecule has 0 saturated heterocycles. The number of amides is 1. The predicted octanol–water partition coefficient (Wildman–Crippen LogP) is 4.20. The van der Waals surface area contributed by atoms with Gasteiger partial charge in [-0.15, -0.1) is 10.2 Å². The van der Waals surface area contributed by atoms with Gasteiger partial charge in [0.05, 0.1) is 12.6 Å². The molecule has 154 valence electrons. The highest BCUT2D eigenvalue weighted by Gasteiger charge is 2.19. The summed E-state index contributed by atoms with van der Waals surface area (Å²) in [5.41, 5.74) is 1.97. The molecule has 1 unspecified atom stereocenters. The van der Waals surface area contributed by atoms with Crippen LogP contribution in [0.25, 0.3) is 5.65 Å². The molecule has 1 N–H and O–H groups in total. The second-order valence-electron chi connectivity index (χ2n) is 7.01. The standard InChI is InChI=1S/C22H28N4O2S/c1-17-8-7-9-18(16-17)28-14-6-4-11-21(27)23-19(12-15-29-2)22-25-24-20-10-3-5-13-26(20)22/h3,5,7-10,13,16,19H,4,6,11-12,14-15H2,1-2H3,(H,23,27). The molecule has 2 aromatic heterocycles. The first-order valence-corrected chi connectivity index (χ1v) is 11.3. The number of ether oxygens (including phenoxy) is 1. The predicted molar refractivity (Wildman–Crippen MR) is 117 cm³/mol. The van der Waals surface area contributed by atoms with Crippen molar-refractivity contribution in [1.29, 1.82) is 0 Å². The smallest absolute Gasteiger partial charge is 0.220 e. The van der Waals surface area contributed by atoms with Gasteiger partial charge < -0.3 is 10.1 Å². The van der Waals surface area contributed by atoms with E-state index in [2.05, 4.69) is 21.8 Å². The van der Waals surface area contributed by atoms with Gasteiger partial charge in [0.15, 0.2) is 11.5 Å². The van der Waals surface area contributed by atoms with E-state index in [0.29, 0.717) is 13.0 Å². The molecule has 0 fully saturated rings. The number of fused-ring (bicyclic) bond motifs is 1. The second-order valence-corrected chi connectivity index (χ2v) is 8.00. The van der Waals surface area contributed by atoms with Gasteiger partial charge in [0.1, 0.15) is 5.75 Å². The van der Waals surface area contributed by atoms with Gasteiger partial charge in [-0.2, -0.15) is 11.8 Å². The number of carbonyl (C=O) groups is 1. The van der Waals surface area contributed by atoms with Gasteiger partial charge in [-0.3, -0.25) is 9.20 Å². The highest BCUT2D eigenvalue weighted by Crippen LogP contribution is 2.19. The summed E-state index contributed by atoms with van der Waals surface area (Å²) < 4.78 is 7.70. The Morgan fingerprint density at radius 3 is 2.93 bits per heavy atom. The lowest BCUT2D eigenvalue weighted by molar-refractivity contribution is -0.122. The summed E-state index contributed by atoms with van der Waals surface area (Å²) in [5.74, 6) is 2.65. The minimum Gasteiger partial charge on any atom is -0.494 e. The summed E-state index contributed by atoms with van der Waals surface area (Å²) >= 11 is 1.76. The minimum atomic E-state index is -0.143.